The van der Waals surface area contributed by atoms with Gasteiger partial charge in [-0.25, -0.2) is 9.97 Å². The fourth-order valence-corrected chi connectivity index (χ4v) is 4.33. The molecule has 0 saturated heterocycles. The molecule has 7 nitrogen and oxygen atoms in total. The molecule has 0 unspecified atom stereocenters. The molecule has 0 atom stereocenters. The fraction of sp³-hybridized carbons (Fsp3) is 0.154. The van der Waals surface area contributed by atoms with Crippen molar-refractivity contribution < 1.29 is 18.1 Å². The minimum Gasteiger partial charge on any atom is -0.365 e. The van der Waals surface area contributed by atoms with Gasteiger partial charge >= 0.3 is 6.18 Å². The Morgan fingerprint density at radius 1 is 0.944 bits per heavy atom. The Kier molecular flexibility index (Phi) is 6.01. The van der Waals surface area contributed by atoms with Gasteiger partial charge in [-0.15, -0.1) is 0 Å². The molecule has 2 heterocycles. The molecule has 0 spiro atoms. The molecule has 10 heteroatoms. The average molecular weight is 491 g/mol. The molecule has 36 heavy (non-hydrogen) atoms. The molecular weight excluding hydrogens is 471 g/mol. The van der Waals surface area contributed by atoms with Crippen molar-refractivity contribution in [2.75, 3.05) is 16.8 Å². The molecule has 0 amide bonds. The Bertz CT molecular complexity index is 1430. The van der Waals surface area contributed by atoms with E-state index in [-0.39, 0.29) is 12.2 Å². The lowest BCUT2D eigenvalue weighted by molar-refractivity contribution is -0.388. The summed E-state index contributed by atoms with van der Waals surface area (Å²) in [6.07, 6.45) is -2.92. The first-order valence-electron chi connectivity index (χ1n) is 11.2. The Hall–Kier alpha value is -4.47. The molecule has 0 aliphatic carbocycles. The first kappa shape index (κ1) is 23.3. The minimum atomic E-state index is -4.83. The summed E-state index contributed by atoms with van der Waals surface area (Å²) in [5.74, 6) is 0.643. The van der Waals surface area contributed by atoms with Gasteiger partial charge in [0.05, 0.1) is 17.2 Å². The van der Waals surface area contributed by atoms with Gasteiger partial charge in [-0.1, -0.05) is 42.5 Å². The summed E-state index contributed by atoms with van der Waals surface area (Å²) < 4.78 is 40.3. The van der Waals surface area contributed by atoms with Crippen molar-refractivity contribution in [3.05, 3.63) is 106 Å². The van der Waals surface area contributed by atoms with Crippen LogP contribution in [0.3, 0.4) is 0 Å². The van der Waals surface area contributed by atoms with Crippen molar-refractivity contribution in [1.29, 1.82) is 0 Å². The van der Waals surface area contributed by atoms with E-state index in [1.165, 1.54) is 12.4 Å². The number of anilines is 3. The van der Waals surface area contributed by atoms with Crippen LogP contribution in [0.15, 0.2) is 79.1 Å². The molecule has 0 radical (unpaired) electrons. The zero-order valence-electron chi connectivity index (χ0n) is 18.9. The van der Waals surface area contributed by atoms with Crippen LogP contribution in [0, 0.1) is 10.1 Å². The molecule has 0 fully saturated rings. The summed E-state index contributed by atoms with van der Waals surface area (Å²) in [7, 11) is 0. The highest BCUT2D eigenvalue weighted by molar-refractivity contribution is 5.71. The number of aromatic nitrogens is 2. The highest BCUT2D eigenvalue weighted by Gasteiger charge is 2.39. The normalized spacial score (nSPS) is 13.2. The minimum absolute atomic E-state index is 0.252. The van der Waals surface area contributed by atoms with E-state index in [9.17, 15) is 23.3 Å². The first-order valence-corrected chi connectivity index (χ1v) is 11.2. The quantitative estimate of drug-likeness (QED) is 0.258. The monoisotopic (exact) mass is 491 g/mol. The van der Waals surface area contributed by atoms with Crippen LogP contribution < -0.4 is 10.2 Å². The predicted octanol–water partition coefficient (Wildman–Crippen LogP) is 6.38. The summed E-state index contributed by atoms with van der Waals surface area (Å²) in [6, 6.07) is 21.0. The number of fused-ring (bicyclic) bond motifs is 1. The number of nitrogens with zero attached hydrogens (tertiary/aromatic N) is 4. The highest BCUT2D eigenvalue weighted by Crippen LogP contribution is 2.39. The van der Waals surface area contributed by atoms with Crippen LogP contribution in [0.1, 0.15) is 16.8 Å². The maximum absolute atomic E-state index is 13.4. The Labute approximate surface area is 204 Å². The molecule has 3 aromatic carbocycles. The molecule has 5 rings (SSSR count). The third-order valence-electron chi connectivity index (χ3n) is 6.09. The lowest BCUT2D eigenvalue weighted by Gasteiger charge is -2.31. The zero-order valence-corrected chi connectivity index (χ0v) is 18.9. The Morgan fingerprint density at radius 3 is 2.47 bits per heavy atom. The largest absolute Gasteiger partial charge is 0.423 e. The van der Waals surface area contributed by atoms with Crippen molar-refractivity contribution in [1.82, 2.24) is 9.97 Å². The summed E-state index contributed by atoms with van der Waals surface area (Å²) in [6.45, 7) is 0.667. The predicted molar refractivity (Wildman–Crippen MR) is 130 cm³/mol. The van der Waals surface area contributed by atoms with Gasteiger partial charge in [0.25, 0.3) is 5.69 Å². The highest BCUT2D eigenvalue weighted by atomic mass is 19.4. The first-order chi connectivity index (χ1) is 17.3. The summed E-state index contributed by atoms with van der Waals surface area (Å²) in [4.78, 5) is 20.5. The molecule has 0 bridgehead atoms. The second kappa shape index (κ2) is 9.29. The van der Waals surface area contributed by atoms with Crippen LogP contribution in [-0.4, -0.2) is 21.4 Å². The van der Waals surface area contributed by atoms with Crippen LogP contribution in [-0.2, 0) is 19.1 Å². The maximum Gasteiger partial charge on any atom is 0.423 e. The van der Waals surface area contributed by atoms with Gasteiger partial charge in [0.1, 0.15) is 17.7 Å². The number of hydrogen-bond donors (Lipinski definition) is 1. The molecule has 1 aromatic heterocycles. The van der Waals surface area contributed by atoms with E-state index < -0.39 is 22.4 Å². The van der Waals surface area contributed by atoms with E-state index in [1.54, 1.807) is 4.90 Å². The van der Waals surface area contributed by atoms with Gasteiger partial charge in [-0.2, -0.15) is 13.2 Å². The van der Waals surface area contributed by atoms with E-state index in [0.717, 1.165) is 34.5 Å². The summed E-state index contributed by atoms with van der Waals surface area (Å²) in [5.41, 5.74) is 2.58. The maximum atomic E-state index is 13.4. The lowest BCUT2D eigenvalue weighted by Crippen LogP contribution is -2.32. The van der Waals surface area contributed by atoms with Gasteiger partial charge in [0, 0.05) is 29.5 Å². The number of hydrogen-bond acceptors (Lipinski definition) is 6. The molecule has 1 aliphatic heterocycles. The number of rotatable bonds is 5. The third-order valence-corrected chi connectivity index (χ3v) is 6.09. The fourth-order valence-electron chi connectivity index (χ4n) is 4.33. The van der Waals surface area contributed by atoms with Crippen LogP contribution in [0.25, 0.3) is 11.1 Å². The van der Waals surface area contributed by atoms with Crippen molar-refractivity contribution >= 4 is 22.9 Å². The van der Waals surface area contributed by atoms with Crippen LogP contribution in [0.2, 0.25) is 0 Å². The molecular formula is C26H20F3N5O2. The van der Waals surface area contributed by atoms with Gasteiger partial charge in [-0.3, -0.25) is 10.1 Å². The Morgan fingerprint density at radius 2 is 1.72 bits per heavy atom. The van der Waals surface area contributed by atoms with Gasteiger partial charge in [0.2, 0.25) is 0 Å². The van der Waals surface area contributed by atoms with E-state index in [4.69, 9.17) is 0 Å². The van der Waals surface area contributed by atoms with E-state index in [2.05, 4.69) is 15.3 Å². The van der Waals surface area contributed by atoms with Crippen LogP contribution >= 0.6 is 0 Å². The second-order valence-corrected chi connectivity index (χ2v) is 8.35. The van der Waals surface area contributed by atoms with E-state index in [0.29, 0.717) is 24.5 Å². The van der Waals surface area contributed by atoms with Crippen molar-refractivity contribution in [3.8, 4) is 11.1 Å². The molecule has 4 aromatic rings. The molecule has 0 saturated carbocycles. The van der Waals surface area contributed by atoms with Crippen LogP contribution in [0.5, 0.6) is 0 Å². The van der Waals surface area contributed by atoms with Gasteiger partial charge in [-0.05, 0) is 41.8 Å². The smallest absolute Gasteiger partial charge is 0.365 e. The van der Waals surface area contributed by atoms with Crippen molar-refractivity contribution in [2.24, 2.45) is 0 Å². The van der Waals surface area contributed by atoms with Crippen molar-refractivity contribution in [3.63, 3.8) is 0 Å². The average Bonchev–Trinajstić information content (AvgIpc) is 2.88. The number of alkyl halides is 3. The molecule has 182 valence electrons. The molecule has 1 aliphatic rings. The number of benzene rings is 3. The number of nitro groups is 1. The van der Waals surface area contributed by atoms with Gasteiger partial charge < -0.3 is 10.2 Å². The lowest BCUT2D eigenvalue weighted by atomic mass is 10.0. The third kappa shape index (κ3) is 4.70. The van der Waals surface area contributed by atoms with E-state index in [1.807, 2.05) is 54.6 Å². The van der Waals surface area contributed by atoms with E-state index >= 15 is 0 Å². The molecule has 1 N–H and O–H groups in total. The summed E-state index contributed by atoms with van der Waals surface area (Å²) >= 11 is 0. The number of nitrogens with one attached hydrogen (secondary N) is 1. The number of halogens is 3. The number of nitro benzene ring substituents is 1. The topological polar surface area (TPSA) is 84.2 Å². The second-order valence-electron chi connectivity index (χ2n) is 8.35. The van der Waals surface area contributed by atoms with Gasteiger partial charge in [0.15, 0.2) is 0 Å². The van der Waals surface area contributed by atoms with Crippen molar-refractivity contribution in [2.45, 2.75) is 19.1 Å². The SMILES string of the molecule is O=[N+]([O-])c1ccc(N2CCc3c(ncnc3Nc3cccc(-c4ccccc4)c3)C2)cc1C(F)(F)F. The Balaban J connectivity index is 1.40. The summed E-state index contributed by atoms with van der Waals surface area (Å²) in [5, 5.41) is 14.4. The standard InChI is InChI=1S/C26H20F3N5O2/c27-26(28,29)22-14-20(9-10-24(22)34(35)36)33-12-11-21-23(15-33)30-16-31-25(21)32-19-8-4-7-18(13-19)17-5-2-1-3-6-17/h1-10,13-14,16H,11-12,15H2,(H,30,31,32). The zero-order chi connectivity index (χ0) is 25.3. The van der Waals surface area contributed by atoms with Crippen LogP contribution in [0.4, 0.5) is 36.1 Å².